The van der Waals surface area contributed by atoms with Gasteiger partial charge in [0, 0.05) is 15.4 Å². The third-order valence-electron chi connectivity index (χ3n) is 1.82. The lowest BCUT2D eigenvalue weighted by molar-refractivity contribution is -0.771. The van der Waals surface area contributed by atoms with Crippen molar-refractivity contribution in [2.75, 3.05) is 6.73 Å². The second-order valence-corrected chi connectivity index (χ2v) is 4.25. The van der Waals surface area contributed by atoms with Gasteiger partial charge in [0.05, 0.1) is 0 Å². The van der Waals surface area contributed by atoms with Gasteiger partial charge in [0.15, 0.2) is 6.73 Å². The Kier molecular flexibility index (Phi) is 2.48. The van der Waals surface area contributed by atoms with Crippen molar-refractivity contribution in [1.82, 2.24) is 0 Å². The van der Waals surface area contributed by atoms with Crippen LogP contribution in [0.3, 0.4) is 0 Å². The van der Waals surface area contributed by atoms with Crippen LogP contribution in [0.25, 0.3) is 0 Å². The highest BCUT2D eigenvalue weighted by molar-refractivity contribution is 9.10. The van der Waals surface area contributed by atoms with E-state index in [1.54, 1.807) is 0 Å². The molecule has 4 nitrogen and oxygen atoms in total. The highest BCUT2D eigenvalue weighted by atomic mass is 79.9. The Hall–Kier alpha value is -0.270. The second kappa shape index (κ2) is 3.47. The summed E-state index contributed by atoms with van der Waals surface area (Å²) in [6.45, 7) is -0.0915. The number of hydrogen-bond acceptors (Lipinski definition) is 4. The SMILES string of the molecule is O=C1C(c2cscc2Br)OC[NH+]1[O-]. The minimum atomic E-state index is -0.687. The molecule has 13 heavy (non-hydrogen) atoms. The first-order valence-corrected chi connectivity index (χ1v) is 5.34. The lowest BCUT2D eigenvalue weighted by Crippen LogP contribution is -3.08. The molecule has 1 aliphatic rings. The molecular formula is C7H6BrNO3S. The zero-order valence-corrected chi connectivity index (χ0v) is 8.85. The van der Waals surface area contributed by atoms with Crippen molar-refractivity contribution >= 4 is 33.2 Å². The Labute approximate surface area is 86.8 Å². The molecule has 0 spiro atoms. The summed E-state index contributed by atoms with van der Waals surface area (Å²) in [6.07, 6.45) is -0.687. The van der Waals surface area contributed by atoms with E-state index in [0.717, 1.165) is 10.0 Å². The van der Waals surface area contributed by atoms with Crippen LogP contribution in [0.4, 0.5) is 0 Å². The average molecular weight is 264 g/mol. The quantitative estimate of drug-likeness (QED) is 0.749. The van der Waals surface area contributed by atoms with Crippen LogP contribution < -0.4 is 5.06 Å². The van der Waals surface area contributed by atoms with Gasteiger partial charge in [-0.1, -0.05) is 0 Å². The van der Waals surface area contributed by atoms with Gasteiger partial charge in [-0.3, -0.25) is 5.06 Å². The zero-order valence-electron chi connectivity index (χ0n) is 6.45. The van der Waals surface area contributed by atoms with Gasteiger partial charge < -0.3 is 9.94 Å². The van der Waals surface area contributed by atoms with Gasteiger partial charge in [0.2, 0.25) is 6.10 Å². The van der Waals surface area contributed by atoms with Crippen molar-refractivity contribution in [1.29, 1.82) is 0 Å². The predicted molar refractivity (Wildman–Crippen MR) is 50.0 cm³/mol. The first kappa shape index (κ1) is 9.29. The summed E-state index contributed by atoms with van der Waals surface area (Å²) in [6, 6.07) is 0. The molecule has 0 aliphatic carbocycles. The molecule has 2 atom stereocenters. The van der Waals surface area contributed by atoms with Crippen LogP contribution in [-0.2, 0) is 9.53 Å². The van der Waals surface area contributed by atoms with E-state index in [0.29, 0.717) is 0 Å². The van der Waals surface area contributed by atoms with Crippen molar-refractivity contribution in [3.05, 3.63) is 26.0 Å². The number of thiophene rings is 1. The number of carbonyl (C=O) groups is 1. The molecule has 70 valence electrons. The molecule has 1 aromatic rings. The highest BCUT2D eigenvalue weighted by Gasteiger charge is 2.36. The van der Waals surface area contributed by atoms with Gasteiger partial charge in [0.25, 0.3) is 0 Å². The normalized spacial score (nSPS) is 28.3. The van der Waals surface area contributed by atoms with E-state index in [-0.39, 0.29) is 6.73 Å². The Morgan fingerprint density at radius 3 is 2.92 bits per heavy atom. The van der Waals surface area contributed by atoms with Gasteiger partial charge >= 0.3 is 5.91 Å². The van der Waals surface area contributed by atoms with E-state index < -0.39 is 17.1 Å². The molecule has 2 rings (SSSR count). The summed E-state index contributed by atoms with van der Waals surface area (Å²) in [7, 11) is 0. The fourth-order valence-corrected chi connectivity index (χ4v) is 2.68. The van der Waals surface area contributed by atoms with Gasteiger partial charge in [-0.2, -0.15) is 11.3 Å². The van der Waals surface area contributed by atoms with Crippen molar-refractivity contribution in [2.45, 2.75) is 6.10 Å². The first-order chi connectivity index (χ1) is 6.20. The maximum Gasteiger partial charge on any atom is 0.347 e. The Bertz CT molecular complexity index is 340. The average Bonchev–Trinajstić information content (AvgIpc) is 2.62. The summed E-state index contributed by atoms with van der Waals surface area (Å²) in [5, 5.41) is 14.1. The van der Waals surface area contributed by atoms with Crippen molar-refractivity contribution in [3.63, 3.8) is 0 Å². The van der Waals surface area contributed by atoms with Crippen LogP contribution in [0, 0.1) is 5.21 Å². The standard InChI is InChI=1S/C7H6BrNO3S/c8-5-2-13-1-4(5)6-7(10)9(11)3-12-6/h1-2,6,9H,3H2. The van der Waals surface area contributed by atoms with E-state index in [1.165, 1.54) is 11.3 Å². The molecule has 1 amide bonds. The van der Waals surface area contributed by atoms with Crippen LogP contribution in [0.5, 0.6) is 0 Å². The first-order valence-electron chi connectivity index (χ1n) is 3.60. The topological polar surface area (TPSA) is 53.8 Å². The van der Waals surface area contributed by atoms with E-state index in [1.807, 2.05) is 10.8 Å². The smallest absolute Gasteiger partial charge is 0.347 e. The summed E-state index contributed by atoms with van der Waals surface area (Å²) in [5.74, 6) is -0.445. The van der Waals surface area contributed by atoms with Crippen LogP contribution in [0.1, 0.15) is 11.7 Å². The Morgan fingerprint density at radius 2 is 2.46 bits per heavy atom. The molecule has 0 radical (unpaired) electrons. The minimum absolute atomic E-state index is 0.0915. The van der Waals surface area contributed by atoms with Gasteiger partial charge in [-0.25, -0.2) is 4.79 Å². The molecule has 1 aromatic heterocycles. The van der Waals surface area contributed by atoms with Gasteiger partial charge in [-0.15, -0.1) is 0 Å². The Morgan fingerprint density at radius 1 is 1.69 bits per heavy atom. The van der Waals surface area contributed by atoms with Crippen LogP contribution in [0.2, 0.25) is 0 Å². The van der Waals surface area contributed by atoms with Crippen molar-refractivity contribution in [2.24, 2.45) is 0 Å². The van der Waals surface area contributed by atoms with Crippen LogP contribution >= 0.6 is 27.3 Å². The van der Waals surface area contributed by atoms with Crippen molar-refractivity contribution in [3.8, 4) is 0 Å². The lowest BCUT2D eigenvalue weighted by Gasteiger charge is -2.08. The molecule has 6 heteroatoms. The number of halogens is 1. The molecule has 0 aromatic carbocycles. The number of hydrogen-bond donors (Lipinski definition) is 1. The Balaban J connectivity index is 2.28. The number of hydroxylamine groups is 2. The molecule has 1 fully saturated rings. The zero-order chi connectivity index (χ0) is 9.42. The number of quaternary nitrogens is 1. The van der Waals surface area contributed by atoms with Gasteiger partial charge in [-0.05, 0) is 21.3 Å². The summed E-state index contributed by atoms with van der Waals surface area (Å²) >= 11 is 4.76. The largest absolute Gasteiger partial charge is 0.625 e. The molecular weight excluding hydrogens is 258 g/mol. The summed E-state index contributed by atoms with van der Waals surface area (Å²) in [4.78, 5) is 11.3. The predicted octanol–water partition coefficient (Wildman–Crippen LogP) is 0.449. The molecule has 2 heterocycles. The maximum atomic E-state index is 11.3. The molecule has 0 saturated carbocycles. The lowest BCUT2D eigenvalue weighted by atomic mass is 10.2. The monoisotopic (exact) mass is 263 g/mol. The van der Waals surface area contributed by atoms with E-state index in [4.69, 9.17) is 4.74 Å². The van der Waals surface area contributed by atoms with E-state index in [9.17, 15) is 10.0 Å². The fraction of sp³-hybridized carbons (Fsp3) is 0.286. The van der Waals surface area contributed by atoms with E-state index >= 15 is 0 Å². The van der Waals surface area contributed by atoms with Gasteiger partial charge in [0.1, 0.15) is 0 Å². The molecule has 1 N–H and O–H groups in total. The second-order valence-electron chi connectivity index (χ2n) is 2.65. The maximum absolute atomic E-state index is 11.3. The third kappa shape index (κ3) is 1.55. The molecule has 2 unspecified atom stereocenters. The molecule has 0 bridgehead atoms. The summed E-state index contributed by atoms with van der Waals surface area (Å²) in [5.41, 5.74) is 0.751. The highest BCUT2D eigenvalue weighted by Crippen LogP contribution is 2.30. The number of amides is 1. The van der Waals surface area contributed by atoms with Crippen LogP contribution in [-0.4, -0.2) is 12.6 Å². The number of carbonyl (C=O) groups excluding carboxylic acids is 1. The number of ether oxygens (including phenoxy) is 1. The molecule has 1 aliphatic heterocycles. The number of rotatable bonds is 1. The third-order valence-corrected chi connectivity index (χ3v) is 3.57. The fourth-order valence-electron chi connectivity index (χ4n) is 1.16. The molecule has 1 saturated heterocycles. The van der Waals surface area contributed by atoms with Crippen LogP contribution in [0.15, 0.2) is 15.2 Å². The number of nitrogens with one attached hydrogen (secondary N) is 1. The minimum Gasteiger partial charge on any atom is -0.625 e. The van der Waals surface area contributed by atoms with Crippen molar-refractivity contribution < 1.29 is 14.6 Å². The van der Waals surface area contributed by atoms with E-state index in [2.05, 4.69) is 15.9 Å². The summed E-state index contributed by atoms with van der Waals surface area (Å²) < 4.78 is 5.90.